The molecule has 0 saturated carbocycles. The van der Waals surface area contributed by atoms with Crippen LogP contribution in [0.2, 0.25) is 0 Å². The van der Waals surface area contributed by atoms with Crippen LogP contribution in [-0.2, 0) is 4.79 Å². The number of benzene rings is 1. The number of hydrogen-bond donors (Lipinski definition) is 1. The SMILES string of the molecule is COc1ccc(F)cc1C(CC(N)=O)CC(C)C. The van der Waals surface area contributed by atoms with E-state index in [-0.39, 0.29) is 24.1 Å². The summed E-state index contributed by atoms with van der Waals surface area (Å²) in [5.41, 5.74) is 5.98. The maximum absolute atomic E-state index is 13.3. The Balaban J connectivity index is 3.09. The first-order chi connectivity index (χ1) is 8.43. The van der Waals surface area contributed by atoms with Gasteiger partial charge in [-0.1, -0.05) is 13.8 Å². The molecule has 1 unspecified atom stereocenters. The number of halogens is 1. The molecule has 0 spiro atoms. The van der Waals surface area contributed by atoms with Crippen LogP contribution in [0.1, 0.15) is 38.2 Å². The van der Waals surface area contributed by atoms with E-state index < -0.39 is 0 Å². The second-order valence-corrected chi connectivity index (χ2v) is 4.88. The van der Waals surface area contributed by atoms with Gasteiger partial charge in [-0.2, -0.15) is 0 Å². The van der Waals surface area contributed by atoms with Crippen molar-refractivity contribution < 1.29 is 13.9 Å². The highest BCUT2D eigenvalue weighted by atomic mass is 19.1. The third kappa shape index (κ3) is 4.02. The zero-order valence-corrected chi connectivity index (χ0v) is 11.1. The van der Waals surface area contributed by atoms with Gasteiger partial charge in [-0.25, -0.2) is 4.39 Å². The minimum Gasteiger partial charge on any atom is -0.496 e. The topological polar surface area (TPSA) is 52.3 Å². The molecule has 1 atom stereocenters. The van der Waals surface area contributed by atoms with E-state index in [9.17, 15) is 9.18 Å². The molecule has 2 N–H and O–H groups in total. The van der Waals surface area contributed by atoms with Gasteiger partial charge in [0.25, 0.3) is 0 Å². The number of amides is 1. The van der Waals surface area contributed by atoms with Gasteiger partial charge in [0.05, 0.1) is 7.11 Å². The zero-order chi connectivity index (χ0) is 13.7. The van der Waals surface area contributed by atoms with Gasteiger partial charge in [-0.15, -0.1) is 0 Å². The van der Waals surface area contributed by atoms with Crippen LogP contribution in [-0.4, -0.2) is 13.0 Å². The van der Waals surface area contributed by atoms with Crippen molar-refractivity contribution in [3.8, 4) is 5.75 Å². The van der Waals surface area contributed by atoms with Crippen LogP contribution >= 0.6 is 0 Å². The minimum absolute atomic E-state index is 0.104. The molecule has 0 fully saturated rings. The van der Waals surface area contributed by atoms with Crippen molar-refractivity contribution in [3.63, 3.8) is 0 Å². The third-order valence-corrected chi connectivity index (χ3v) is 2.84. The maximum atomic E-state index is 13.3. The number of nitrogens with two attached hydrogens (primary N) is 1. The zero-order valence-electron chi connectivity index (χ0n) is 11.1. The van der Waals surface area contributed by atoms with Gasteiger partial charge in [0.15, 0.2) is 0 Å². The van der Waals surface area contributed by atoms with Crippen LogP contribution in [0.15, 0.2) is 18.2 Å². The lowest BCUT2D eigenvalue weighted by atomic mass is 9.87. The standard InChI is InChI=1S/C14H20FNO2/c1-9(2)6-10(7-14(16)17)12-8-11(15)4-5-13(12)18-3/h4-5,8-10H,6-7H2,1-3H3,(H2,16,17). The molecule has 1 rings (SSSR count). The van der Waals surface area contributed by atoms with E-state index >= 15 is 0 Å². The van der Waals surface area contributed by atoms with Gasteiger partial charge < -0.3 is 10.5 Å². The molecule has 0 aliphatic carbocycles. The molecule has 0 bridgehead atoms. The average Bonchev–Trinajstić information content (AvgIpc) is 2.26. The van der Waals surface area contributed by atoms with Crippen LogP contribution in [0.3, 0.4) is 0 Å². The molecule has 0 aromatic heterocycles. The summed E-state index contributed by atoms with van der Waals surface area (Å²) in [7, 11) is 1.54. The number of ether oxygens (including phenoxy) is 1. The van der Waals surface area contributed by atoms with Crippen molar-refractivity contribution in [1.29, 1.82) is 0 Å². The van der Waals surface area contributed by atoms with Crippen molar-refractivity contribution in [2.45, 2.75) is 32.6 Å². The molecule has 1 amide bonds. The van der Waals surface area contributed by atoms with E-state index in [1.807, 2.05) is 0 Å². The fraction of sp³-hybridized carbons (Fsp3) is 0.500. The second-order valence-electron chi connectivity index (χ2n) is 4.88. The molecule has 3 nitrogen and oxygen atoms in total. The van der Waals surface area contributed by atoms with Gasteiger partial charge in [0.2, 0.25) is 5.91 Å². The fourth-order valence-corrected chi connectivity index (χ4v) is 2.16. The number of carbonyl (C=O) groups is 1. The molecular weight excluding hydrogens is 233 g/mol. The van der Waals surface area contributed by atoms with Crippen LogP contribution < -0.4 is 10.5 Å². The van der Waals surface area contributed by atoms with E-state index in [1.165, 1.54) is 19.2 Å². The lowest BCUT2D eigenvalue weighted by Crippen LogP contribution is -2.17. The Morgan fingerprint density at radius 1 is 1.44 bits per heavy atom. The Hall–Kier alpha value is -1.58. The number of hydrogen-bond acceptors (Lipinski definition) is 2. The first kappa shape index (κ1) is 14.5. The molecule has 100 valence electrons. The molecule has 0 heterocycles. The highest BCUT2D eigenvalue weighted by Crippen LogP contribution is 2.34. The Morgan fingerprint density at radius 3 is 2.61 bits per heavy atom. The summed E-state index contributed by atoms with van der Waals surface area (Å²) in [5.74, 6) is 0.176. The van der Waals surface area contributed by atoms with E-state index in [4.69, 9.17) is 10.5 Å². The first-order valence-electron chi connectivity index (χ1n) is 6.05. The maximum Gasteiger partial charge on any atom is 0.218 e. The molecule has 0 radical (unpaired) electrons. The predicted octanol–water partition coefficient (Wildman–Crippen LogP) is 2.84. The Morgan fingerprint density at radius 2 is 2.11 bits per heavy atom. The lowest BCUT2D eigenvalue weighted by molar-refractivity contribution is -0.118. The largest absolute Gasteiger partial charge is 0.496 e. The van der Waals surface area contributed by atoms with Crippen molar-refractivity contribution in [2.75, 3.05) is 7.11 Å². The van der Waals surface area contributed by atoms with Crippen molar-refractivity contribution in [1.82, 2.24) is 0 Å². The van der Waals surface area contributed by atoms with E-state index in [0.717, 1.165) is 6.42 Å². The van der Waals surface area contributed by atoms with Crippen molar-refractivity contribution in [3.05, 3.63) is 29.6 Å². The van der Waals surface area contributed by atoms with Gasteiger partial charge >= 0.3 is 0 Å². The lowest BCUT2D eigenvalue weighted by Gasteiger charge is -2.20. The number of carbonyl (C=O) groups excluding carboxylic acids is 1. The smallest absolute Gasteiger partial charge is 0.218 e. The molecule has 1 aromatic rings. The Bertz CT molecular complexity index is 418. The highest BCUT2D eigenvalue weighted by molar-refractivity contribution is 5.75. The predicted molar refractivity (Wildman–Crippen MR) is 69.0 cm³/mol. The second kappa shape index (κ2) is 6.38. The number of primary amides is 1. The summed E-state index contributed by atoms with van der Waals surface area (Å²) in [6, 6.07) is 4.35. The number of methoxy groups -OCH3 is 1. The molecule has 1 aromatic carbocycles. The monoisotopic (exact) mass is 253 g/mol. The van der Waals surface area contributed by atoms with Gasteiger partial charge in [-0.05, 0) is 36.5 Å². The third-order valence-electron chi connectivity index (χ3n) is 2.84. The molecule has 18 heavy (non-hydrogen) atoms. The molecule has 4 heteroatoms. The van der Waals surface area contributed by atoms with Crippen LogP contribution in [0, 0.1) is 11.7 Å². The van der Waals surface area contributed by atoms with Crippen molar-refractivity contribution in [2.24, 2.45) is 11.7 Å². The molecule has 0 aliphatic heterocycles. The first-order valence-corrected chi connectivity index (χ1v) is 6.05. The summed E-state index contributed by atoms with van der Waals surface area (Å²) in [6.45, 7) is 4.11. The van der Waals surface area contributed by atoms with E-state index in [2.05, 4.69) is 13.8 Å². The van der Waals surface area contributed by atoms with Crippen LogP contribution in [0.4, 0.5) is 4.39 Å². The summed E-state index contributed by atoms with van der Waals surface area (Å²) in [6.07, 6.45) is 0.973. The fourth-order valence-electron chi connectivity index (χ4n) is 2.16. The van der Waals surface area contributed by atoms with Gasteiger partial charge in [-0.3, -0.25) is 4.79 Å². The van der Waals surface area contributed by atoms with Crippen LogP contribution in [0.25, 0.3) is 0 Å². The molecule has 0 aliphatic rings. The van der Waals surface area contributed by atoms with E-state index in [1.54, 1.807) is 6.07 Å². The van der Waals surface area contributed by atoms with E-state index in [0.29, 0.717) is 17.2 Å². The van der Waals surface area contributed by atoms with Gasteiger partial charge in [0, 0.05) is 12.0 Å². The normalized spacial score (nSPS) is 12.5. The quantitative estimate of drug-likeness (QED) is 0.847. The summed E-state index contributed by atoms with van der Waals surface area (Å²) in [4.78, 5) is 11.1. The highest BCUT2D eigenvalue weighted by Gasteiger charge is 2.20. The Labute approximate surface area is 107 Å². The van der Waals surface area contributed by atoms with Gasteiger partial charge in [0.1, 0.15) is 11.6 Å². The minimum atomic E-state index is -0.382. The summed E-state index contributed by atoms with van der Waals surface area (Å²) in [5, 5.41) is 0. The Kier molecular flexibility index (Phi) is 5.13. The molecular formula is C14H20FNO2. The van der Waals surface area contributed by atoms with Crippen molar-refractivity contribution >= 4 is 5.91 Å². The summed E-state index contributed by atoms with van der Waals surface area (Å²) < 4.78 is 18.6. The molecule has 0 saturated heterocycles. The van der Waals surface area contributed by atoms with Crippen LogP contribution in [0.5, 0.6) is 5.75 Å². The number of rotatable bonds is 6. The average molecular weight is 253 g/mol. The summed E-state index contributed by atoms with van der Waals surface area (Å²) >= 11 is 0.